The van der Waals surface area contributed by atoms with E-state index >= 15 is 0 Å². The molecule has 0 aliphatic carbocycles. The lowest BCUT2D eigenvalue weighted by molar-refractivity contribution is -0.898. The van der Waals surface area contributed by atoms with Gasteiger partial charge in [0.2, 0.25) is 0 Å². The van der Waals surface area contributed by atoms with Crippen molar-refractivity contribution in [1.29, 1.82) is 0 Å². The van der Waals surface area contributed by atoms with E-state index in [9.17, 15) is 0 Å². The quantitative estimate of drug-likeness (QED) is 0.766. The summed E-state index contributed by atoms with van der Waals surface area (Å²) >= 11 is 0. The maximum atomic E-state index is 4.42. The zero-order valence-electron chi connectivity index (χ0n) is 11.5. The Bertz CT molecular complexity index is 556. The van der Waals surface area contributed by atoms with Crippen LogP contribution in [0, 0.1) is 0 Å². The highest BCUT2D eigenvalue weighted by atomic mass is 15.4. The number of nitrogens with zero attached hydrogens (tertiary/aromatic N) is 6. The molecule has 19 heavy (non-hydrogen) atoms. The Labute approximate surface area is 112 Å². The van der Waals surface area contributed by atoms with E-state index in [1.165, 1.54) is 6.54 Å². The molecule has 0 unspecified atom stereocenters. The van der Waals surface area contributed by atoms with Crippen LogP contribution in [0.15, 0.2) is 6.33 Å². The van der Waals surface area contributed by atoms with Crippen molar-refractivity contribution in [1.82, 2.24) is 25.0 Å². The van der Waals surface area contributed by atoms with E-state index < -0.39 is 0 Å². The number of rotatable bonds is 3. The van der Waals surface area contributed by atoms with Crippen LogP contribution in [0.3, 0.4) is 0 Å². The average Bonchev–Trinajstić information content (AvgIpc) is 2.90. The summed E-state index contributed by atoms with van der Waals surface area (Å²) in [5.74, 6) is 0.930. The number of hydrogen-bond acceptors (Lipinski definition) is 5. The van der Waals surface area contributed by atoms with Crippen molar-refractivity contribution >= 4 is 17.0 Å². The van der Waals surface area contributed by atoms with Crippen molar-refractivity contribution in [2.24, 2.45) is 0 Å². The third-order valence-corrected chi connectivity index (χ3v) is 3.85. The first kappa shape index (κ1) is 12.3. The van der Waals surface area contributed by atoms with Crippen molar-refractivity contribution in [2.75, 3.05) is 37.6 Å². The van der Waals surface area contributed by atoms with E-state index in [-0.39, 0.29) is 0 Å². The van der Waals surface area contributed by atoms with Gasteiger partial charge in [-0.1, -0.05) is 5.21 Å². The molecular formula is C12H20N7+. The van der Waals surface area contributed by atoms with Crippen LogP contribution in [0.4, 0.5) is 5.82 Å². The molecule has 0 amide bonds. The molecule has 1 fully saturated rings. The van der Waals surface area contributed by atoms with Gasteiger partial charge in [-0.3, -0.25) is 0 Å². The number of aromatic nitrogens is 5. The van der Waals surface area contributed by atoms with Crippen LogP contribution >= 0.6 is 0 Å². The lowest BCUT2D eigenvalue weighted by atomic mass is 10.3. The van der Waals surface area contributed by atoms with Gasteiger partial charge in [-0.2, -0.15) is 0 Å². The predicted molar refractivity (Wildman–Crippen MR) is 72.2 cm³/mol. The predicted octanol–water partition coefficient (Wildman–Crippen LogP) is -1.03. The van der Waals surface area contributed by atoms with Crippen LogP contribution in [0.1, 0.15) is 13.8 Å². The molecule has 0 bridgehead atoms. The second-order valence-electron chi connectivity index (χ2n) is 4.87. The van der Waals surface area contributed by atoms with Gasteiger partial charge in [-0.15, -0.1) is 5.10 Å². The number of likely N-dealkylation sites (N-methyl/N-ethyl adjacent to an activating group) is 1. The first-order valence-corrected chi connectivity index (χ1v) is 6.96. The van der Waals surface area contributed by atoms with Crippen LogP contribution in [-0.4, -0.2) is 57.7 Å². The fraction of sp³-hybridized carbons (Fsp3) is 0.667. The van der Waals surface area contributed by atoms with Crippen LogP contribution in [0.2, 0.25) is 0 Å². The second kappa shape index (κ2) is 5.08. The molecule has 7 heteroatoms. The Morgan fingerprint density at radius 2 is 2.00 bits per heavy atom. The lowest BCUT2D eigenvalue weighted by Crippen LogP contribution is -3.14. The molecule has 3 heterocycles. The van der Waals surface area contributed by atoms with Crippen LogP contribution in [0.25, 0.3) is 11.2 Å². The third-order valence-electron chi connectivity index (χ3n) is 3.85. The molecule has 2 aromatic heterocycles. The van der Waals surface area contributed by atoms with Gasteiger partial charge in [0.25, 0.3) is 0 Å². The minimum Gasteiger partial charge on any atom is -0.343 e. The lowest BCUT2D eigenvalue weighted by Gasteiger charge is -2.32. The van der Waals surface area contributed by atoms with Gasteiger partial charge in [-0.05, 0) is 13.8 Å². The van der Waals surface area contributed by atoms with Crippen molar-refractivity contribution in [3.05, 3.63) is 6.33 Å². The van der Waals surface area contributed by atoms with Gasteiger partial charge in [0.05, 0.1) is 32.7 Å². The molecule has 102 valence electrons. The number of quaternary nitrogens is 1. The molecule has 7 nitrogen and oxygen atoms in total. The Balaban J connectivity index is 1.91. The smallest absolute Gasteiger partial charge is 0.183 e. The fourth-order valence-electron chi connectivity index (χ4n) is 2.61. The van der Waals surface area contributed by atoms with E-state index in [0.29, 0.717) is 0 Å². The first-order chi connectivity index (χ1) is 9.33. The highest BCUT2D eigenvalue weighted by molar-refractivity contribution is 5.82. The molecule has 2 aromatic rings. The molecule has 0 radical (unpaired) electrons. The summed E-state index contributed by atoms with van der Waals surface area (Å²) in [5.41, 5.74) is 1.65. The first-order valence-electron chi connectivity index (χ1n) is 6.96. The van der Waals surface area contributed by atoms with E-state index in [0.717, 1.165) is 49.7 Å². The van der Waals surface area contributed by atoms with Crippen molar-refractivity contribution in [3.63, 3.8) is 0 Å². The Hall–Kier alpha value is -1.76. The molecule has 0 saturated carbocycles. The number of fused-ring (bicyclic) bond motifs is 1. The van der Waals surface area contributed by atoms with Gasteiger partial charge in [-0.25, -0.2) is 14.6 Å². The molecule has 1 saturated heterocycles. The Morgan fingerprint density at radius 3 is 2.68 bits per heavy atom. The third kappa shape index (κ3) is 2.14. The van der Waals surface area contributed by atoms with E-state index in [2.05, 4.69) is 32.1 Å². The van der Waals surface area contributed by atoms with Crippen LogP contribution in [-0.2, 0) is 6.54 Å². The summed E-state index contributed by atoms with van der Waals surface area (Å²) in [6, 6.07) is 0. The van der Waals surface area contributed by atoms with E-state index in [1.807, 2.05) is 11.6 Å². The van der Waals surface area contributed by atoms with Gasteiger partial charge < -0.3 is 9.80 Å². The van der Waals surface area contributed by atoms with Gasteiger partial charge in [0.1, 0.15) is 6.33 Å². The van der Waals surface area contributed by atoms with Gasteiger partial charge in [0, 0.05) is 6.54 Å². The largest absolute Gasteiger partial charge is 0.343 e. The number of piperazine rings is 1. The Morgan fingerprint density at radius 1 is 1.21 bits per heavy atom. The molecule has 1 aliphatic rings. The van der Waals surface area contributed by atoms with Crippen LogP contribution in [0.5, 0.6) is 0 Å². The topological polar surface area (TPSA) is 64.2 Å². The molecule has 1 aliphatic heterocycles. The minimum absolute atomic E-state index is 0.778. The maximum absolute atomic E-state index is 4.42. The molecule has 0 aromatic carbocycles. The van der Waals surface area contributed by atoms with Gasteiger partial charge in [0.15, 0.2) is 17.0 Å². The summed E-state index contributed by atoms with van der Waals surface area (Å²) in [5, 5.41) is 8.38. The second-order valence-corrected chi connectivity index (χ2v) is 4.87. The molecule has 0 atom stereocenters. The van der Waals surface area contributed by atoms with E-state index in [4.69, 9.17) is 0 Å². The summed E-state index contributed by atoms with van der Waals surface area (Å²) in [4.78, 5) is 12.7. The molecule has 0 spiro atoms. The molecule has 1 N–H and O–H groups in total. The normalized spacial score (nSPS) is 17.3. The summed E-state index contributed by atoms with van der Waals surface area (Å²) in [6.45, 7) is 10.6. The summed E-state index contributed by atoms with van der Waals surface area (Å²) in [7, 11) is 0. The zero-order chi connectivity index (χ0) is 13.2. The highest BCUT2D eigenvalue weighted by Crippen LogP contribution is 2.20. The zero-order valence-corrected chi connectivity index (χ0v) is 11.5. The van der Waals surface area contributed by atoms with Gasteiger partial charge >= 0.3 is 0 Å². The van der Waals surface area contributed by atoms with Crippen molar-refractivity contribution in [3.8, 4) is 0 Å². The number of aryl methyl sites for hydroxylation is 1. The average molecular weight is 262 g/mol. The summed E-state index contributed by atoms with van der Waals surface area (Å²) in [6.07, 6.45) is 1.62. The maximum Gasteiger partial charge on any atom is 0.183 e. The fourth-order valence-corrected chi connectivity index (χ4v) is 2.61. The van der Waals surface area contributed by atoms with E-state index in [1.54, 1.807) is 11.2 Å². The standard InChI is InChI=1S/C12H19N7/c1-3-17-5-7-18(8-6-17)11-10-12(14-9-13-11)19(4-2)16-15-10/h9H,3-8H2,1-2H3/p+1. The molecular weight excluding hydrogens is 242 g/mol. The van der Waals surface area contributed by atoms with Crippen LogP contribution < -0.4 is 9.80 Å². The number of nitrogens with one attached hydrogen (secondary N) is 1. The minimum atomic E-state index is 0.778. The van der Waals surface area contributed by atoms with Crippen molar-refractivity contribution in [2.45, 2.75) is 20.4 Å². The highest BCUT2D eigenvalue weighted by Gasteiger charge is 2.23. The van der Waals surface area contributed by atoms with Crippen molar-refractivity contribution < 1.29 is 4.90 Å². The monoisotopic (exact) mass is 262 g/mol. The number of hydrogen-bond donors (Lipinski definition) is 1. The SMILES string of the molecule is CCn1nnc2c(N3CC[NH+](CC)CC3)ncnc21. The Kier molecular flexibility index (Phi) is 3.29. The molecule has 3 rings (SSSR count). The summed E-state index contributed by atoms with van der Waals surface area (Å²) < 4.78 is 1.81. The number of anilines is 1.